The molecule has 0 aliphatic carbocycles. The fraction of sp³-hybridized carbons (Fsp3) is 0.263. The van der Waals surface area contributed by atoms with Gasteiger partial charge < -0.3 is 10.6 Å². The lowest BCUT2D eigenvalue weighted by Crippen LogP contribution is -2.25. The van der Waals surface area contributed by atoms with E-state index >= 15 is 0 Å². The number of anilines is 1. The third kappa shape index (κ3) is 4.06. The first-order valence-electron chi connectivity index (χ1n) is 8.05. The van der Waals surface area contributed by atoms with E-state index in [4.69, 9.17) is 0 Å². The first kappa shape index (κ1) is 19.1. The number of Topliss-reactive ketones (excluding diaryl/α,β-unsaturated/α-hetero) is 1. The predicted octanol–water partition coefficient (Wildman–Crippen LogP) is 3.74. The summed E-state index contributed by atoms with van der Waals surface area (Å²) < 4.78 is 14.6. The van der Waals surface area contributed by atoms with Crippen LogP contribution in [0.4, 0.5) is 10.1 Å². The van der Waals surface area contributed by atoms with E-state index in [1.54, 1.807) is 37.3 Å². The van der Waals surface area contributed by atoms with Crippen molar-refractivity contribution in [1.82, 2.24) is 5.32 Å². The van der Waals surface area contributed by atoms with Crippen LogP contribution in [0.2, 0.25) is 0 Å². The summed E-state index contributed by atoms with van der Waals surface area (Å²) in [5, 5.41) is 5.81. The minimum atomic E-state index is -0.390. The second-order valence-electron chi connectivity index (χ2n) is 5.80. The highest BCUT2D eigenvalue weighted by atomic mass is 35.5. The Balaban J connectivity index is 0.00000225. The van der Waals surface area contributed by atoms with E-state index in [2.05, 4.69) is 10.6 Å². The molecule has 0 radical (unpaired) electrons. The maximum absolute atomic E-state index is 14.6. The van der Waals surface area contributed by atoms with Crippen LogP contribution in [-0.4, -0.2) is 18.2 Å². The molecule has 3 rings (SSSR count). The number of hydrogen-bond acceptors (Lipinski definition) is 3. The number of carbonyl (C=O) groups excluding carboxylic acids is 2. The van der Waals surface area contributed by atoms with Crippen LogP contribution in [0.3, 0.4) is 0 Å². The van der Waals surface area contributed by atoms with E-state index in [-0.39, 0.29) is 29.7 Å². The number of nitrogens with one attached hydrogen (secondary N) is 2. The van der Waals surface area contributed by atoms with Gasteiger partial charge in [0.05, 0.1) is 5.69 Å². The molecule has 2 aromatic carbocycles. The Labute approximate surface area is 152 Å². The average Bonchev–Trinajstić information content (AvgIpc) is 2.63. The number of fused-ring (bicyclic) bond motifs is 1. The Morgan fingerprint density at radius 3 is 2.48 bits per heavy atom. The van der Waals surface area contributed by atoms with E-state index in [0.29, 0.717) is 36.1 Å². The lowest BCUT2D eigenvalue weighted by atomic mass is 9.99. The number of amides is 1. The van der Waals surface area contributed by atoms with Gasteiger partial charge in [0, 0.05) is 24.1 Å². The Kier molecular flexibility index (Phi) is 6.28. The summed E-state index contributed by atoms with van der Waals surface area (Å²) in [6, 6.07) is 9.83. The van der Waals surface area contributed by atoms with Gasteiger partial charge in [-0.05, 0) is 42.3 Å². The van der Waals surface area contributed by atoms with Gasteiger partial charge in [-0.1, -0.05) is 25.1 Å². The summed E-state index contributed by atoms with van der Waals surface area (Å²) in [5.41, 5.74) is 2.74. The van der Waals surface area contributed by atoms with Gasteiger partial charge in [0.1, 0.15) is 5.82 Å². The molecule has 25 heavy (non-hydrogen) atoms. The minimum absolute atomic E-state index is 0. The fourth-order valence-electron chi connectivity index (χ4n) is 2.84. The molecule has 0 saturated carbocycles. The second kappa shape index (κ2) is 8.23. The molecule has 1 aliphatic rings. The number of carbonyl (C=O) groups is 2. The predicted molar refractivity (Wildman–Crippen MR) is 98.1 cm³/mol. The molecule has 0 saturated heterocycles. The van der Waals surface area contributed by atoms with Crippen molar-refractivity contribution in [3.63, 3.8) is 0 Å². The van der Waals surface area contributed by atoms with Crippen LogP contribution in [0, 0.1) is 5.82 Å². The second-order valence-corrected chi connectivity index (χ2v) is 5.80. The minimum Gasteiger partial charge on any atom is -0.319 e. The summed E-state index contributed by atoms with van der Waals surface area (Å²) in [4.78, 5) is 23.9. The molecule has 0 fully saturated rings. The van der Waals surface area contributed by atoms with Crippen molar-refractivity contribution in [1.29, 1.82) is 0 Å². The molecule has 0 unspecified atom stereocenters. The van der Waals surface area contributed by atoms with Crippen LogP contribution in [-0.2, 0) is 13.0 Å². The van der Waals surface area contributed by atoms with Gasteiger partial charge in [-0.15, -0.1) is 12.4 Å². The van der Waals surface area contributed by atoms with E-state index in [1.807, 2.05) is 6.07 Å². The van der Waals surface area contributed by atoms with Crippen LogP contribution < -0.4 is 10.6 Å². The zero-order valence-corrected chi connectivity index (χ0v) is 14.7. The molecule has 0 aromatic heterocycles. The zero-order chi connectivity index (χ0) is 17.1. The molecule has 1 aliphatic heterocycles. The SMILES string of the molecule is CCC(=O)c1ccc(C(=O)Nc2ccc3c(c2F)CCNC3)cc1.Cl. The summed E-state index contributed by atoms with van der Waals surface area (Å²) in [7, 11) is 0. The van der Waals surface area contributed by atoms with Crippen molar-refractivity contribution in [3.05, 3.63) is 64.5 Å². The van der Waals surface area contributed by atoms with Crippen molar-refractivity contribution < 1.29 is 14.0 Å². The molecule has 0 bridgehead atoms. The van der Waals surface area contributed by atoms with Gasteiger partial charge in [0.25, 0.3) is 5.91 Å². The average molecular weight is 363 g/mol. The van der Waals surface area contributed by atoms with E-state index < -0.39 is 5.91 Å². The van der Waals surface area contributed by atoms with Gasteiger partial charge in [-0.3, -0.25) is 9.59 Å². The van der Waals surface area contributed by atoms with Crippen LogP contribution in [0.5, 0.6) is 0 Å². The highest BCUT2D eigenvalue weighted by Gasteiger charge is 2.18. The first-order valence-corrected chi connectivity index (χ1v) is 8.05. The molecule has 1 amide bonds. The quantitative estimate of drug-likeness (QED) is 0.815. The summed E-state index contributed by atoms with van der Waals surface area (Å²) in [5.74, 6) is -0.727. The smallest absolute Gasteiger partial charge is 0.255 e. The number of benzene rings is 2. The molecule has 1 heterocycles. The molecule has 2 aromatic rings. The fourth-order valence-corrected chi connectivity index (χ4v) is 2.84. The van der Waals surface area contributed by atoms with Crippen molar-refractivity contribution in [3.8, 4) is 0 Å². The maximum Gasteiger partial charge on any atom is 0.255 e. The van der Waals surface area contributed by atoms with Gasteiger partial charge in [-0.2, -0.15) is 0 Å². The lowest BCUT2D eigenvalue weighted by Gasteiger charge is -2.19. The van der Waals surface area contributed by atoms with Crippen LogP contribution in [0.1, 0.15) is 45.2 Å². The number of ketones is 1. The number of halogens is 2. The van der Waals surface area contributed by atoms with Gasteiger partial charge in [0.15, 0.2) is 5.78 Å². The Morgan fingerprint density at radius 2 is 1.80 bits per heavy atom. The first-order chi connectivity index (χ1) is 11.6. The van der Waals surface area contributed by atoms with Crippen molar-refractivity contribution in [2.45, 2.75) is 26.3 Å². The zero-order valence-electron chi connectivity index (χ0n) is 13.9. The Bertz CT molecular complexity index is 791. The van der Waals surface area contributed by atoms with Crippen LogP contribution in [0.15, 0.2) is 36.4 Å². The highest BCUT2D eigenvalue weighted by molar-refractivity contribution is 6.05. The lowest BCUT2D eigenvalue weighted by molar-refractivity contribution is 0.0984. The van der Waals surface area contributed by atoms with E-state index in [1.165, 1.54) is 0 Å². The topological polar surface area (TPSA) is 58.2 Å². The molecular formula is C19H20ClFN2O2. The van der Waals surface area contributed by atoms with Gasteiger partial charge in [-0.25, -0.2) is 4.39 Å². The molecule has 4 nitrogen and oxygen atoms in total. The molecule has 2 N–H and O–H groups in total. The summed E-state index contributed by atoms with van der Waals surface area (Å²) in [6.45, 7) is 3.17. The normalized spacial score (nSPS) is 12.7. The Morgan fingerprint density at radius 1 is 1.12 bits per heavy atom. The third-order valence-corrected chi connectivity index (χ3v) is 4.25. The standard InChI is InChI=1S/C19H19FN2O2.ClH/c1-2-17(23)12-3-5-13(6-4-12)19(24)22-16-8-7-14-11-21-10-9-15(14)18(16)20;/h3-8,21H,2,9-11H2,1H3,(H,22,24);1H. The van der Waals surface area contributed by atoms with E-state index in [9.17, 15) is 14.0 Å². The van der Waals surface area contributed by atoms with Crippen molar-refractivity contribution in [2.24, 2.45) is 0 Å². The van der Waals surface area contributed by atoms with E-state index in [0.717, 1.165) is 12.1 Å². The number of hydrogen-bond donors (Lipinski definition) is 2. The largest absolute Gasteiger partial charge is 0.319 e. The molecule has 6 heteroatoms. The summed E-state index contributed by atoms with van der Waals surface area (Å²) in [6.07, 6.45) is 1.03. The molecular weight excluding hydrogens is 343 g/mol. The summed E-state index contributed by atoms with van der Waals surface area (Å²) >= 11 is 0. The van der Waals surface area contributed by atoms with Crippen LogP contribution in [0.25, 0.3) is 0 Å². The molecule has 0 spiro atoms. The Hall–Kier alpha value is -2.24. The van der Waals surface area contributed by atoms with Crippen LogP contribution >= 0.6 is 12.4 Å². The highest BCUT2D eigenvalue weighted by Crippen LogP contribution is 2.25. The molecule has 132 valence electrons. The molecule has 0 atom stereocenters. The van der Waals surface area contributed by atoms with Crippen molar-refractivity contribution in [2.75, 3.05) is 11.9 Å². The van der Waals surface area contributed by atoms with Gasteiger partial charge >= 0.3 is 0 Å². The maximum atomic E-state index is 14.6. The number of rotatable bonds is 4. The monoisotopic (exact) mass is 362 g/mol. The van der Waals surface area contributed by atoms with Gasteiger partial charge in [0.2, 0.25) is 0 Å². The van der Waals surface area contributed by atoms with Crippen molar-refractivity contribution >= 4 is 29.8 Å². The third-order valence-electron chi connectivity index (χ3n) is 4.25.